The van der Waals surface area contributed by atoms with E-state index in [4.69, 9.17) is 9.10 Å². The van der Waals surface area contributed by atoms with Gasteiger partial charge in [0, 0.05) is 47.6 Å². The fourth-order valence-electron chi connectivity index (χ4n) is 4.14. The van der Waals surface area contributed by atoms with Gasteiger partial charge in [0.1, 0.15) is 0 Å². The summed E-state index contributed by atoms with van der Waals surface area (Å²) in [6, 6.07) is 3.24. The summed E-state index contributed by atoms with van der Waals surface area (Å²) in [5.74, 6) is -0.676. The van der Waals surface area contributed by atoms with Crippen molar-refractivity contribution >= 4 is 34.8 Å². The van der Waals surface area contributed by atoms with E-state index in [0.717, 1.165) is 41.2 Å². The molecule has 3 N–H and O–H groups in total. The summed E-state index contributed by atoms with van der Waals surface area (Å²) in [7, 11) is 1.91. The van der Waals surface area contributed by atoms with Crippen LogP contribution in [0.1, 0.15) is 57.5 Å². The van der Waals surface area contributed by atoms with Crippen molar-refractivity contribution in [1.29, 1.82) is 0 Å². The molecular weight excluding hydrogens is 446 g/mol. The van der Waals surface area contributed by atoms with Crippen LogP contribution in [0.25, 0.3) is 11.3 Å². The number of aryl methyl sites for hydroxylation is 2. The number of nitrogens with one attached hydrogen (secondary N) is 3. The molecule has 35 heavy (non-hydrogen) atoms. The van der Waals surface area contributed by atoms with Crippen molar-refractivity contribution in [1.82, 2.24) is 30.5 Å². The van der Waals surface area contributed by atoms with Crippen LogP contribution in [-0.4, -0.2) is 51.0 Å². The first-order chi connectivity index (χ1) is 17.9. The molecule has 0 bridgehead atoms. The topological polar surface area (TPSA) is 138 Å². The number of hydrogen-bond donors (Lipinski definition) is 3. The van der Waals surface area contributed by atoms with Crippen LogP contribution >= 0.6 is 0 Å². The van der Waals surface area contributed by atoms with Crippen molar-refractivity contribution in [3.05, 3.63) is 41.1 Å². The van der Waals surface area contributed by atoms with Gasteiger partial charge in [-0.25, -0.2) is 4.98 Å². The van der Waals surface area contributed by atoms with E-state index in [9.17, 15) is 9.59 Å². The van der Waals surface area contributed by atoms with Crippen molar-refractivity contribution in [3.8, 4) is 11.3 Å². The van der Waals surface area contributed by atoms with E-state index < -0.39 is 12.9 Å². The van der Waals surface area contributed by atoms with Crippen molar-refractivity contribution in [2.24, 2.45) is 5.92 Å². The van der Waals surface area contributed by atoms with Crippen molar-refractivity contribution < 1.29 is 13.7 Å². The van der Waals surface area contributed by atoms with Crippen LogP contribution in [0.4, 0.5) is 23.0 Å². The molecule has 5 rings (SSSR count). The second-order valence-corrected chi connectivity index (χ2v) is 8.88. The van der Waals surface area contributed by atoms with Gasteiger partial charge in [0.15, 0.2) is 17.3 Å². The van der Waals surface area contributed by atoms with Gasteiger partial charge in [-0.05, 0) is 39.7 Å². The molecule has 11 nitrogen and oxygen atoms in total. The molecule has 1 saturated carbocycles. The minimum absolute atomic E-state index is 0.0721. The van der Waals surface area contributed by atoms with E-state index in [1.54, 1.807) is 6.20 Å². The maximum atomic E-state index is 12.8. The van der Waals surface area contributed by atoms with Crippen LogP contribution in [0.15, 0.2) is 18.3 Å². The Morgan fingerprint density at radius 2 is 1.94 bits per heavy atom. The Hall–Kier alpha value is -4.15. The van der Waals surface area contributed by atoms with Crippen LogP contribution in [0.2, 0.25) is 0 Å². The summed E-state index contributed by atoms with van der Waals surface area (Å²) >= 11 is 0. The maximum absolute atomic E-state index is 12.8. The summed E-state index contributed by atoms with van der Waals surface area (Å²) in [6.07, 6.45) is 3.32. The standard InChI is InChI=1S/C24H27N9O2/c1-11-8-15-19-18(27-12(2)10-26-19)13(3)33(5)21(15)22(28-11)29-16-9-17(30-23(34)14-6-7-14)31-32-20(16)24(35)25-4/h8-10,13-14H,6-7H2,1-5H3,(H,25,35)(H2,28,29,30,31,34)/t13-/m1/s1/i4D3. The Labute approximate surface area is 207 Å². The lowest BCUT2D eigenvalue weighted by molar-refractivity contribution is -0.117. The minimum atomic E-state index is -2.73. The third-order valence-electron chi connectivity index (χ3n) is 6.20. The van der Waals surface area contributed by atoms with E-state index in [2.05, 4.69) is 30.8 Å². The molecule has 0 aromatic carbocycles. The highest BCUT2D eigenvalue weighted by molar-refractivity contribution is 6.00. The third-order valence-corrected chi connectivity index (χ3v) is 6.20. The molecule has 1 atom stereocenters. The van der Waals surface area contributed by atoms with Crippen molar-refractivity contribution in [2.45, 2.75) is 39.7 Å². The molecule has 11 heteroatoms. The quantitative estimate of drug-likeness (QED) is 0.507. The van der Waals surface area contributed by atoms with Crippen LogP contribution in [0.5, 0.6) is 0 Å². The second kappa shape index (κ2) is 8.57. The van der Waals surface area contributed by atoms with E-state index in [0.29, 0.717) is 11.5 Å². The fraction of sp³-hybridized carbons (Fsp3) is 0.375. The van der Waals surface area contributed by atoms with Gasteiger partial charge in [0.05, 0.1) is 34.5 Å². The lowest BCUT2D eigenvalue weighted by atomic mass is 9.97. The van der Waals surface area contributed by atoms with E-state index in [1.807, 2.05) is 44.1 Å². The monoisotopic (exact) mass is 476 g/mol. The van der Waals surface area contributed by atoms with Gasteiger partial charge in [-0.3, -0.25) is 19.6 Å². The lowest BCUT2D eigenvalue weighted by Gasteiger charge is -2.35. The molecule has 3 aromatic rings. The molecule has 4 heterocycles. The van der Waals surface area contributed by atoms with Crippen LogP contribution in [-0.2, 0) is 4.79 Å². The molecule has 0 saturated heterocycles. The molecule has 0 radical (unpaired) electrons. The largest absolute Gasteiger partial charge is 0.363 e. The Morgan fingerprint density at radius 3 is 2.69 bits per heavy atom. The highest BCUT2D eigenvalue weighted by Gasteiger charge is 2.33. The number of nitrogens with zero attached hydrogens (tertiary/aromatic N) is 6. The molecule has 2 aliphatic rings. The number of anilines is 4. The van der Waals surface area contributed by atoms with E-state index in [1.165, 1.54) is 6.07 Å². The summed E-state index contributed by atoms with van der Waals surface area (Å²) in [6.45, 7) is 3.00. The molecule has 0 unspecified atom stereocenters. The Bertz CT molecular complexity index is 1460. The Morgan fingerprint density at radius 1 is 1.14 bits per heavy atom. The van der Waals surface area contributed by atoms with Gasteiger partial charge in [-0.2, -0.15) is 0 Å². The zero-order valence-electron chi connectivity index (χ0n) is 22.8. The van der Waals surface area contributed by atoms with Crippen LogP contribution < -0.4 is 20.9 Å². The Kier molecular flexibility index (Phi) is 4.70. The molecule has 3 aromatic heterocycles. The molecular formula is C24H27N9O2. The van der Waals surface area contributed by atoms with Crippen molar-refractivity contribution in [2.75, 3.05) is 29.6 Å². The van der Waals surface area contributed by atoms with Crippen LogP contribution in [0.3, 0.4) is 0 Å². The smallest absolute Gasteiger partial charge is 0.273 e. The number of hydrogen-bond acceptors (Lipinski definition) is 9. The van der Waals surface area contributed by atoms with Gasteiger partial charge in [0.2, 0.25) is 5.91 Å². The number of carbonyl (C=O) groups excluding carboxylic acids is 2. The minimum Gasteiger partial charge on any atom is -0.363 e. The summed E-state index contributed by atoms with van der Waals surface area (Å²) in [5, 5.41) is 15.7. The van der Waals surface area contributed by atoms with Crippen LogP contribution in [0, 0.1) is 19.8 Å². The molecule has 180 valence electrons. The average molecular weight is 477 g/mol. The second-order valence-electron chi connectivity index (χ2n) is 8.88. The molecule has 0 spiro atoms. The molecule has 1 aliphatic heterocycles. The predicted molar refractivity (Wildman–Crippen MR) is 132 cm³/mol. The normalized spacial score (nSPS) is 17.9. The van der Waals surface area contributed by atoms with Gasteiger partial charge < -0.3 is 20.9 Å². The number of pyridine rings is 1. The van der Waals surface area contributed by atoms with E-state index in [-0.39, 0.29) is 35.1 Å². The zero-order valence-corrected chi connectivity index (χ0v) is 19.8. The number of fused-ring (bicyclic) bond motifs is 3. The maximum Gasteiger partial charge on any atom is 0.273 e. The number of carbonyl (C=O) groups is 2. The fourth-order valence-corrected chi connectivity index (χ4v) is 4.14. The molecule has 1 fully saturated rings. The predicted octanol–water partition coefficient (Wildman–Crippen LogP) is 2.91. The molecule has 1 aliphatic carbocycles. The first kappa shape index (κ1) is 19.2. The van der Waals surface area contributed by atoms with Gasteiger partial charge in [-0.15, -0.1) is 10.2 Å². The SMILES string of the molecule is [2H]C([2H])([2H])NC(=O)c1nnc(NC(=O)C2CC2)cc1Nc1nc(C)cc2c1N(C)[C@H](C)c1nc(C)cnc1-2. The average Bonchev–Trinajstić information content (AvgIpc) is 3.67. The summed E-state index contributed by atoms with van der Waals surface area (Å²) in [5.41, 5.74) is 4.46. The molecule has 2 amide bonds. The first-order valence-corrected chi connectivity index (χ1v) is 11.3. The first-order valence-electron chi connectivity index (χ1n) is 12.8. The number of rotatable bonds is 5. The summed E-state index contributed by atoms with van der Waals surface area (Å²) in [4.78, 5) is 41.2. The third kappa shape index (κ3) is 4.13. The van der Waals surface area contributed by atoms with E-state index >= 15 is 0 Å². The highest BCUT2D eigenvalue weighted by atomic mass is 16.2. The zero-order chi connectivity index (χ0) is 27.4. The number of aromatic nitrogens is 5. The van der Waals surface area contributed by atoms with Gasteiger partial charge in [-0.1, -0.05) is 0 Å². The number of amides is 2. The Balaban J connectivity index is 1.60. The van der Waals surface area contributed by atoms with Crippen molar-refractivity contribution in [3.63, 3.8) is 0 Å². The highest BCUT2D eigenvalue weighted by Crippen LogP contribution is 2.46. The van der Waals surface area contributed by atoms with Gasteiger partial charge >= 0.3 is 0 Å². The van der Waals surface area contributed by atoms with Gasteiger partial charge in [0.25, 0.3) is 5.91 Å². The lowest BCUT2D eigenvalue weighted by Crippen LogP contribution is -2.29. The summed E-state index contributed by atoms with van der Waals surface area (Å²) < 4.78 is 22.3.